The van der Waals surface area contributed by atoms with Crippen molar-refractivity contribution in [1.82, 2.24) is 0 Å². The molecule has 0 saturated heterocycles. The second-order valence-corrected chi connectivity index (χ2v) is 4.74. The van der Waals surface area contributed by atoms with E-state index in [4.69, 9.17) is 19.7 Å². The molecule has 0 radical (unpaired) electrons. The third-order valence-corrected chi connectivity index (χ3v) is 2.94. The maximum Gasteiger partial charge on any atom is 0.154 e. The highest BCUT2D eigenvalue weighted by atomic mass is 79.9. The largest absolute Gasteiger partial charge is 0.394 e. The Morgan fingerprint density at radius 2 is 1.64 bits per heavy atom. The van der Waals surface area contributed by atoms with Crippen molar-refractivity contribution in [1.29, 1.82) is 0 Å². The SMILES string of the molecule is CCOC(C)OCC.O=CCc1ccccc1Br.OCCO. The summed E-state index contributed by atoms with van der Waals surface area (Å²) < 4.78 is 11.1. The van der Waals surface area contributed by atoms with E-state index < -0.39 is 0 Å². The smallest absolute Gasteiger partial charge is 0.154 e. The third kappa shape index (κ3) is 15.6. The molecule has 0 fully saturated rings. The van der Waals surface area contributed by atoms with Crippen LogP contribution in [-0.4, -0.2) is 49.2 Å². The number of carbonyl (C=O) groups is 1. The lowest BCUT2D eigenvalue weighted by atomic mass is 10.2. The molecule has 0 aliphatic rings. The van der Waals surface area contributed by atoms with Gasteiger partial charge < -0.3 is 24.5 Å². The van der Waals surface area contributed by atoms with Crippen LogP contribution in [0.1, 0.15) is 26.3 Å². The number of halogens is 1. The molecule has 0 unspecified atom stereocenters. The monoisotopic (exact) mass is 378 g/mol. The van der Waals surface area contributed by atoms with E-state index in [2.05, 4.69) is 15.9 Å². The van der Waals surface area contributed by atoms with Crippen LogP contribution >= 0.6 is 15.9 Å². The zero-order valence-corrected chi connectivity index (χ0v) is 15.1. The van der Waals surface area contributed by atoms with Gasteiger partial charge >= 0.3 is 0 Å². The molecule has 0 amide bonds. The van der Waals surface area contributed by atoms with Gasteiger partial charge in [-0.2, -0.15) is 0 Å². The molecule has 0 aliphatic carbocycles. The normalized spacial score (nSPS) is 9.41. The summed E-state index contributed by atoms with van der Waals surface area (Å²) in [6, 6.07) is 7.71. The molecule has 1 rings (SSSR count). The number of hydrogen-bond acceptors (Lipinski definition) is 5. The van der Waals surface area contributed by atoms with Crippen molar-refractivity contribution >= 4 is 22.2 Å². The Morgan fingerprint density at radius 3 is 2.00 bits per heavy atom. The van der Waals surface area contributed by atoms with Crippen LogP contribution in [0.2, 0.25) is 0 Å². The molecule has 0 spiro atoms. The van der Waals surface area contributed by atoms with Crippen molar-refractivity contribution in [2.75, 3.05) is 26.4 Å². The number of benzene rings is 1. The highest BCUT2D eigenvalue weighted by Gasteiger charge is 1.95. The van der Waals surface area contributed by atoms with E-state index >= 15 is 0 Å². The first kappa shape index (κ1) is 23.5. The van der Waals surface area contributed by atoms with Gasteiger partial charge in [0.05, 0.1) is 13.2 Å². The van der Waals surface area contributed by atoms with Gasteiger partial charge in [-0.05, 0) is 32.4 Å². The first-order valence-corrected chi connectivity index (χ1v) is 7.98. The zero-order valence-electron chi connectivity index (χ0n) is 13.5. The van der Waals surface area contributed by atoms with Gasteiger partial charge in [0, 0.05) is 24.1 Å². The molecule has 0 aromatic heterocycles. The van der Waals surface area contributed by atoms with Crippen molar-refractivity contribution in [3.63, 3.8) is 0 Å². The second kappa shape index (κ2) is 18.3. The third-order valence-electron chi connectivity index (χ3n) is 2.16. The Kier molecular flexibility index (Phi) is 19.5. The first-order chi connectivity index (χ1) is 10.6. The van der Waals surface area contributed by atoms with Gasteiger partial charge in [0.2, 0.25) is 0 Å². The van der Waals surface area contributed by atoms with Gasteiger partial charge in [-0.3, -0.25) is 0 Å². The number of aldehydes is 1. The summed E-state index contributed by atoms with van der Waals surface area (Å²) in [6.07, 6.45) is 1.35. The van der Waals surface area contributed by atoms with Crippen LogP contribution in [0, 0.1) is 0 Å². The van der Waals surface area contributed by atoms with E-state index in [1.165, 1.54) is 0 Å². The van der Waals surface area contributed by atoms with E-state index in [9.17, 15) is 4.79 Å². The van der Waals surface area contributed by atoms with Gasteiger partial charge in [0.25, 0.3) is 0 Å². The first-order valence-electron chi connectivity index (χ1n) is 7.19. The number of hydrogen-bond donors (Lipinski definition) is 2. The minimum Gasteiger partial charge on any atom is -0.394 e. The molecule has 22 heavy (non-hydrogen) atoms. The minimum atomic E-state index is -0.125. The molecule has 5 nitrogen and oxygen atoms in total. The molecule has 2 N–H and O–H groups in total. The van der Waals surface area contributed by atoms with Gasteiger partial charge in [0.1, 0.15) is 6.29 Å². The topological polar surface area (TPSA) is 76.0 Å². The Hall–Kier alpha value is -0.790. The van der Waals surface area contributed by atoms with E-state index in [0.29, 0.717) is 6.42 Å². The Balaban J connectivity index is 0. The number of ether oxygens (including phenoxy) is 2. The maximum atomic E-state index is 10.1. The zero-order chi connectivity index (χ0) is 17.2. The molecule has 0 atom stereocenters. The number of carbonyl (C=O) groups excluding carboxylic acids is 1. The molecule has 0 bridgehead atoms. The van der Waals surface area contributed by atoms with Crippen LogP contribution in [-0.2, 0) is 20.7 Å². The van der Waals surface area contributed by atoms with Gasteiger partial charge in [-0.15, -0.1) is 0 Å². The lowest BCUT2D eigenvalue weighted by Gasteiger charge is -2.09. The number of rotatable bonds is 7. The summed E-state index contributed by atoms with van der Waals surface area (Å²) in [4.78, 5) is 10.1. The lowest BCUT2D eigenvalue weighted by Crippen LogP contribution is -2.11. The van der Waals surface area contributed by atoms with E-state index in [-0.39, 0.29) is 19.5 Å². The predicted octanol–water partition coefficient (Wildman–Crippen LogP) is 2.57. The molecular weight excluding hydrogens is 352 g/mol. The van der Waals surface area contributed by atoms with Gasteiger partial charge in [-0.1, -0.05) is 34.1 Å². The van der Waals surface area contributed by atoms with Gasteiger partial charge in [-0.25, -0.2) is 0 Å². The second-order valence-electron chi connectivity index (χ2n) is 3.89. The van der Waals surface area contributed by atoms with Gasteiger partial charge in [0.15, 0.2) is 6.29 Å². The average Bonchev–Trinajstić information content (AvgIpc) is 2.51. The van der Waals surface area contributed by atoms with E-state index in [1.54, 1.807) is 0 Å². The number of aliphatic hydroxyl groups excluding tert-OH is 2. The molecule has 0 saturated carbocycles. The van der Waals surface area contributed by atoms with Crippen LogP contribution < -0.4 is 0 Å². The molecule has 1 aromatic carbocycles. The Morgan fingerprint density at radius 1 is 1.14 bits per heavy atom. The van der Waals surface area contributed by atoms with Crippen molar-refractivity contribution < 1.29 is 24.5 Å². The van der Waals surface area contributed by atoms with Crippen molar-refractivity contribution in [2.24, 2.45) is 0 Å². The van der Waals surface area contributed by atoms with Crippen LogP contribution in [0.25, 0.3) is 0 Å². The van der Waals surface area contributed by atoms with E-state index in [1.807, 2.05) is 45.0 Å². The van der Waals surface area contributed by atoms with Crippen molar-refractivity contribution in [2.45, 2.75) is 33.5 Å². The molecule has 1 aromatic rings. The van der Waals surface area contributed by atoms with Crippen LogP contribution in [0.4, 0.5) is 0 Å². The Bertz CT molecular complexity index is 352. The lowest BCUT2D eigenvalue weighted by molar-refractivity contribution is -0.123. The molecular formula is C16H27BrO5. The molecule has 6 heteroatoms. The summed E-state index contributed by atoms with van der Waals surface area (Å²) in [7, 11) is 0. The average molecular weight is 379 g/mol. The van der Waals surface area contributed by atoms with Crippen molar-refractivity contribution in [3.05, 3.63) is 34.3 Å². The standard InChI is InChI=1S/C8H7BrO.C6H14O2.C2H6O2/c9-8-4-2-1-3-7(8)5-6-10;1-4-7-6(3)8-5-2;3-1-2-4/h1-4,6H,5H2;6H,4-5H2,1-3H3;3-4H,1-2H2. The summed E-state index contributed by atoms with van der Waals surface area (Å²) in [5.41, 5.74) is 1.04. The van der Waals surface area contributed by atoms with Crippen LogP contribution in [0.15, 0.2) is 28.7 Å². The maximum absolute atomic E-state index is 10.1. The fourth-order valence-corrected chi connectivity index (χ4v) is 1.72. The highest BCUT2D eigenvalue weighted by molar-refractivity contribution is 9.10. The molecule has 0 heterocycles. The minimum absolute atomic E-state index is 0.0370. The summed E-state index contributed by atoms with van der Waals surface area (Å²) in [6.45, 7) is 7.00. The van der Waals surface area contributed by atoms with Crippen LogP contribution in [0.5, 0.6) is 0 Å². The van der Waals surface area contributed by atoms with E-state index in [0.717, 1.165) is 29.5 Å². The fraction of sp³-hybridized carbons (Fsp3) is 0.562. The Labute approximate surface area is 141 Å². The van der Waals surface area contributed by atoms with Crippen molar-refractivity contribution in [3.8, 4) is 0 Å². The number of aliphatic hydroxyl groups is 2. The summed E-state index contributed by atoms with van der Waals surface area (Å²) in [5, 5.41) is 15.2. The highest BCUT2D eigenvalue weighted by Crippen LogP contribution is 2.15. The molecule has 128 valence electrons. The quantitative estimate of drug-likeness (QED) is 0.563. The summed E-state index contributed by atoms with van der Waals surface area (Å²) >= 11 is 3.34. The van der Waals surface area contributed by atoms with Crippen LogP contribution in [0.3, 0.4) is 0 Å². The predicted molar refractivity (Wildman–Crippen MR) is 90.8 cm³/mol. The molecule has 0 aliphatic heterocycles. The summed E-state index contributed by atoms with van der Waals surface area (Å²) in [5.74, 6) is 0. The fourth-order valence-electron chi connectivity index (χ4n) is 1.27.